The number of hydrogen-bond donors (Lipinski definition) is 0. The molecule has 8 heteroatoms. The number of rotatable bonds is 7. The van der Waals surface area contributed by atoms with E-state index >= 15 is 0 Å². The number of nitrogens with zero attached hydrogens (tertiary/aromatic N) is 7. The summed E-state index contributed by atoms with van der Waals surface area (Å²) in [6.07, 6.45) is 0. The molecule has 0 fully saturated rings. The Bertz CT molecular complexity index is 3010. The fourth-order valence-electron chi connectivity index (χ4n) is 7.10. The predicted molar refractivity (Wildman–Crippen MR) is 229 cm³/mol. The van der Waals surface area contributed by atoms with Gasteiger partial charge in [0.1, 0.15) is 0 Å². The van der Waals surface area contributed by atoms with Gasteiger partial charge in [0.2, 0.25) is 0 Å². The normalized spacial score (nSPS) is 11.1. The molecule has 0 aliphatic carbocycles. The van der Waals surface area contributed by atoms with Crippen LogP contribution in [0.2, 0.25) is 0 Å². The topological polar surface area (TPSA) is 101 Å². The van der Waals surface area contributed by atoms with Crippen LogP contribution >= 0.6 is 11.3 Å². The molecule has 0 atom stereocenters. The Labute approximate surface area is 332 Å². The van der Waals surface area contributed by atoms with Crippen molar-refractivity contribution in [1.29, 1.82) is 5.26 Å². The molecule has 0 bridgehead atoms. The molecule has 57 heavy (non-hydrogen) atoms. The van der Waals surface area contributed by atoms with Crippen LogP contribution in [0.1, 0.15) is 5.56 Å². The molecule has 0 amide bonds. The lowest BCUT2D eigenvalue weighted by Gasteiger charge is -2.11. The minimum absolute atomic E-state index is 0.491. The van der Waals surface area contributed by atoms with Crippen LogP contribution in [-0.2, 0) is 0 Å². The second-order valence-corrected chi connectivity index (χ2v) is 14.5. The molecule has 7 nitrogen and oxygen atoms in total. The molecule has 0 aliphatic rings. The minimum atomic E-state index is 0.491. The summed E-state index contributed by atoms with van der Waals surface area (Å²) in [6, 6.07) is 60.7. The van der Waals surface area contributed by atoms with Crippen LogP contribution in [0.3, 0.4) is 0 Å². The summed E-state index contributed by atoms with van der Waals surface area (Å²) >= 11 is 1.71. The molecule has 3 aromatic heterocycles. The number of hydrogen-bond acceptors (Lipinski definition) is 8. The van der Waals surface area contributed by atoms with E-state index in [9.17, 15) is 5.26 Å². The van der Waals surface area contributed by atoms with Crippen molar-refractivity contribution < 1.29 is 0 Å². The number of benzene rings is 7. The summed E-state index contributed by atoms with van der Waals surface area (Å²) in [5.74, 6) is 3.44. The second kappa shape index (κ2) is 14.5. The molecular weight excluding hydrogens is 719 g/mol. The maximum Gasteiger partial charge on any atom is 0.164 e. The van der Waals surface area contributed by atoms with Gasteiger partial charge in [-0.15, -0.1) is 11.3 Å². The average Bonchev–Trinajstić information content (AvgIpc) is 3.69. The zero-order chi connectivity index (χ0) is 38.1. The van der Waals surface area contributed by atoms with E-state index in [0.29, 0.717) is 40.5 Å². The van der Waals surface area contributed by atoms with Crippen LogP contribution in [0.25, 0.3) is 99.6 Å². The van der Waals surface area contributed by atoms with Crippen molar-refractivity contribution in [3.05, 3.63) is 181 Å². The first kappa shape index (κ1) is 33.8. The van der Waals surface area contributed by atoms with Gasteiger partial charge in [-0.25, -0.2) is 29.9 Å². The maximum absolute atomic E-state index is 10.3. The Balaban J connectivity index is 1.15. The third-order valence-corrected chi connectivity index (χ3v) is 11.0. The third-order valence-electron chi connectivity index (χ3n) is 9.79. The van der Waals surface area contributed by atoms with Gasteiger partial charge in [-0.1, -0.05) is 152 Å². The lowest BCUT2D eigenvalue weighted by Crippen LogP contribution is -2.00. The molecule has 0 unspecified atom stereocenters. The minimum Gasteiger partial charge on any atom is -0.208 e. The lowest BCUT2D eigenvalue weighted by molar-refractivity contribution is 1.07. The maximum atomic E-state index is 10.3. The number of aromatic nitrogens is 6. The second-order valence-electron chi connectivity index (χ2n) is 13.5. The number of fused-ring (bicyclic) bond motifs is 3. The van der Waals surface area contributed by atoms with Crippen molar-refractivity contribution in [2.45, 2.75) is 0 Å². The SMILES string of the molecule is N#Cc1cc(-c2nc(-c3ccccc3)nc(-c3ccccc3)n2)cc(-c2cccc3c2sc2cccc(-c4nc(-c5ccccc5)nc(-c5ccccc5)n4)c23)c1. The van der Waals surface area contributed by atoms with Crippen molar-refractivity contribution in [3.8, 4) is 85.5 Å². The molecule has 266 valence electrons. The average molecular weight is 748 g/mol. The van der Waals surface area contributed by atoms with Crippen molar-refractivity contribution in [2.24, 2.45) is 0 Å². The van der Waals surface area contributed by atoms with Crippen LogP contribution in [0, 0.1) is 11.3 Å². The van der Waals surface area contributed by atoms with E-state index < -0.39 is 0 Å². The summed E-state index contributed by atoms with van der Waals surface area (Å²) < 4.78 is 2.19. The molecule has 0 spiro atoms. The first-order valence-electron chi connectivity index (χ1n) is 18.4. The molecule has 0 saturated heterocycles. The molecule has 0 aliphatic heterocycles. The highest BCUT2D eigenvalue weighted by atomic mass is 32.1. The van der Waals surface area contributed by atoms with Gasteiger partial charge in [-0.3, -0.25) is 0 Å². The van der Waals surface area contributed by atoms with Crippen LogP contribution in [-0.4, -0.2) is 29.9 Å². The highest BCUT2D eigenvalue weighted by Gasteiger charge is 2.20. The standard InChI is InChI=1S/C49H29N7S/c50-30-31-27-36(29-37(28-31)48-53-44(32-15-5-1-6-16-32)51-45(54-48)33-17-7-2-8-18-33)38-23-13-24-39-42-40(25-14-26-41(42)57-43(38)39)49-55-46(34-19-9-3-10-20-34)52-47(56-49)35-21-11-4-12-22-35/h1-29H. The largest absolute Gasteiger partial charge is 0.208 e. The Morgan fingerprint density at radius 3 is 1.28 bits per heavy atom. The van der Waals surface area contributed by atoms with Gasteiger partial charge in [0.05, 0.1) is 11.6 Å². The van der Waals surface area contributed by atoms with E-state index in [1.54, 1.807) is 11.3 Å². The quantitative estimate of drug-likeness (QED) is 0.160. The van der Waals surface area contributed by atoms with E-state index in [4.69, 9.17) is 29.9 Å². The Morgan fingerprint density at radius 2 is 0.789 bits per heavy atom. The van der Waals surface area contributed by atoms with Crippen molar-refractivity contribution in [2.75, 3.05) is 0 Å². The summed E-state index contributed by atoms with van der Waals surface area (Å²) in [4.78, 5) is 29.8. The highest BCUT2D eigenvalue weighted by Crippen LogP contribution is 2.44. The highest BCUT2D eigenvalue weighted by molar-refractivity contribution is 7.26. The van der Waals surface area contributed by atoms with E-state index in [1.807, 2.05) is 133 Å². The van der Waals surface area contributed by atoms with E-state index in [0.717, 1.165) is 64.7 Å². The van der Waals surface area contributed by atoms with Crippen LogP contribution < -0.4 is 0 Å². The van der Waals surface area contributed by atoms with Crippen molar-refractivity contribution in [3.63, 3.8) is 0 Å². The summed E-state index contributed by atoms with van der Waals surface area (Å²) in [5.41, 5.74) is 7.65. The van der Waals surface area contributed by atoms with Gasteiger partial charge in [0.15, 0.2) is 34.9 Å². The Morgan fingerprint density at radius 1 is 0.368 bits per heavy atom. The van der Waals surface area contributed by atoms with E-state index in [-0.39, 0.29) is 0 Å². The molecular formula is C49H29N7S. The molecule has 10 rings (SSSR count). The third kappa shape index (κ3) is 6.48. The molecule has 7 aromatic carbocycles. The van der Waals surface area contributed by atoms with Crippen LogP contribution in [0.5, 0.6) is 0 Å². The lowest BCUT2D eigenvalue weighted by atomic mass is 9.97. The molecule has 10 aromatic rings. The zero-order valence-corrected chi connectivity index (χ0v) is 31.1. The Hall–Kier alpha value is -7.73. The molecule has 0 saturated carbocycles. The summed E-state index contributed by atoms with van der Waals surface area (Å²) in [5, 5.41) is 12.5. The molecule has 0 radical (unpaired) electrons. The van der Waals surface area contributed by atoms with E-state index in [1.165, 1.54) is 0 Å². The first-order chi connectivity index (χ1) is 28.2. The van der Waals surface area contributed by atoms with Gasteiger partial charge in [0.25, 0.3) is 0 Å². The summed E-state index contributed by atoms with van der Waals surface area (Å²) in [6.45, 7) is 0. The fourth-order valence-corrected chi connectivity index (χ4v) is 8.37. The predicted octanol–water partition coefficient (Wildman–Crippen LogP) is 12.0. The Kier molecular flexibility index (Phi) is 8.60. The van der Waals surface area contributed by atoms with Crippen molar-refractivity contribution >= 4 is 31.5 Å². The van der Waals surface area contributed by atoms with Gasteiger partial charge in [0, 0.05) is 53.6 Å². The zero-order valence-electron chi connectivity index (χ0n) is 30.3. The van der Waals surface area contributed by atoms with Crippen molar-refractivity contribution in [1.82, 2.24) is 29.9 Å². The van der Waals surface area contributed by atoms with Crippen LogP contribution in [0.15, 0.2) is 176 Å². The van der Waals surface area contributed by atoms with Gasteiger partial charge < -0.3 is 0 Å². The fraction of sp³-hybridized carbons (Fsp3) is 0. The monoisotopic (exact) mass is 747 g/mol. The number of thiophene rings is 1. The van der Waals surface area contributed by atoms with Gasteiger partial charge in [-0.2, -0.15) is 5.26 Å². The molecule has 0 N–H and O–H groups in total. The van der Waals surface area contributed by atoms with Gasteiger partial charge in [-0.05, 0) is 35.4 Å². The number of nitriles is 1. The van der Waals surface area contributed by atoms with E-state index in [2.05, 4.69) is 48.5 Å². The molecule has 3 heterocycles. The summed E-state index contributed by atoms with van der Waals surface area (Å²) in [7, 11) is 0. The van der Waals surface area contributed by atoms with Gasteiger partial charge >= 0.3 is 0 Å². The first-order valence-corrected chi connectivity index (χ1v) is 19.2. The smallest absolute Gasteiger partial charge is 0.164 e. The van der Waals surface area contributed by atoms with Crippen LogP contribution in [0.4, 0.5) is 0 Å².